The molecule has 3 rings (SSSR count). The number of rotatable bonds is 6. The van der Waals surface area contributed by atoms with E-state index in [2.05, 4.69) is 39.5 Å². The lowest BCUT2D eigenvalue weighted by atomic mass is 10.0. The van der Waals surface area contributed by atoms with Gasteiger partial charge in [-0.15, -0.1) is 0 Å². The summed E-state index contributed by atoms with van der Waals surface area (Å²) in [4.78, 5) is 18.0. The predicted octanol–water partition coefficient (Wildman–Crippen LogP) is 3.06. The number of carbonyl (C=O) groups excluding carboxylic acids is 1. The van der Waals surface area contributed by atoms with Gasteiger partial charge < -0.3 is 10.1 Å². The van der Waals surface area contributed by atoms with Gasteiger partial charge in [0.15, 0.2) is 0 Å². The first-order valence-corrected chi connectivity index (χ1v) is 8.72. The molecule has 1 N–H and O–H groups in total. The molecule has 0 spiro atoms. The Balaban J connectivity index is 1.75. The normalized spacial score (nSPS) is 17.4. The van der Waals surface area contributed by atoms with Crippen molar-refractivity contribution < 1.29 is 9.53 Å². The molecule has 1 aromatic heterocycles. The van der Waals surface area contributed by atoms with Crippen LogP contribution < -0.4 is 10.1 Å². The number of nitrogens with one attached hydrogen (secondary N) is 1. The van der Waals surface area contributed by atoms with Gasteiger partial charge in [-0.1, -0.05) is 18.2 Å². The molecular formula is C20H25N3O2. The van der Waals surface area contributed by atoms with Gasteiger partial charge in [-0.25, -0.2) is 0 Å². The first-order valence-electron chi connectivity index (χ1n) is 8.72. The molecule has 0 bridgehead atoms. The lowest BCUT2D eigenvalue weighted by Gasteiger charge is -2.26. The fourth-order valence-electron chi connectivity index (χ4n) is 3.46. The molecule has 0 radical (unpaired) electrons. The summed E-state index contributed by atoms with van der Waals surface area (Å²) in [6.45, 7) is 3.95. The van der Waals surface area contributed by atoms with Crippen LogP contribution in [0, 0.1) is 0 Å². The molecule has 25 heavy (non-hydrogen) atoms. The molecule has 2 heterocycles. The molecule has 1 aromatic carbocycles. The molecule has 1 aliphatic heterocycles. The molecule has 0 saturated carbocycles. The highest BCUT2D eigenvalue weighted by atomic mass is 16.5. The Morgan fingerprint density at radius 1 is 1.36 bits per heavy atom. The highest BCUT2D eigenvalue weighted by molar-refractivity contribution is 5.72. The summed E-state index contributed by atoms with van der Waals surface area (Å²) >= 11 is 0. The lowest BCUT2D eigenvalue weighted by molar-refractivity contribution is -0.119. The summed E-state index contributed by atoms with van der Waals surface area (Å²) in [7, 11) is 1.72. The van der Waals surface area contributed by atoms with Crippen molar-refractivity contribution in [3.63, 3.8) is 0 Å². The van der Waals surface area contributed by atoms with Crippen LogP contribution in [-0.2, 0) is 17.9 Å². The zero-order chi connectivity index (χ0) is 17.6. The first kappa shape index (κ1) is 17.4. The second kappa shape index (κ2) is 8.12. The van der Waals surface area contributed by atoms with E-state index in [1.54, 1.807) is 7.11 Å². The predicted molar refractivity (Wildman–Crippen MR) is 97.1 cm³/mol. The fraction of sp³-hybridized carbons (Fsp3) is 0.400. The van der Waals surface area contributed by atoms with Gasteiger partial charge in [0.05, 0.1) is 19.3 Å². The molecule has 1 fully saturated rings. The number of carbonyl (C=O) groups is 1. The Morgan fingerprint density at radius 2 is 2.20 bits per heavy atom. The molecular weight excluding hydrogens is 314 g/mol. The number of para-hydroxylation sites is 1. The topological polar surface area (TPSA) is 54.5 Å². The molecule has 5 heteroatoms. The minimum Gasteiger partial charge on any atom is -0.496 e. The number of pyridine rings is 1. The summed E-state index contributed by atoms with van der Waals surface area (Å²) in [6.07, 6.45) is 4.16. The van der Waals surface area contributed by atoms with Crippen LogP contribution in [0.1, 0.15) is 42.6 Å². The average Bonchev–Trinajstić information content (AvgIpc) is 3.09. The Bertz CT molecular complexity index is 732. The van der Waals surface area contributed by atoms with Crippen LogP contribution in [0.2, 0.25) is 0 Å². The SMILES string of the molecule is COc1ccccc1CN1CCC[C@@H]1c1ccnc(CNC(C)=O)c1. The number of nitrogens with zero attached hydrogens (tertiary/aromatic N) is 2. The largest absolute Gasteiger partial charge is 0.496 e. The fourth-order valence-corrected chi connectivity index (χ4v) is 3.46. The third-order valence-corrected chi connectivity index (χ3v) is 4.67. The summed E-state index contributed by atoms with van der Waals surface area (Å²) in [6, 6.07) is 12.8. The van der Waals surface area contributed by atoms with E-state index in [1.165, 1.54) is 24.5 Å². The van der Waals surface area contributed by atoms with E-state index in [4.69, 9.17) is 4.74 Å². The van der Waals surface area contributed by atoms with Crippen molar-refractivity contribution in [2.75, 3.05) is 13.7 Å². The average molecular weight is 339 g/mol. The Morgan fingerprint density at radius 3 is 3.00 bits per heavy atom. The molecule has 132 valence electrons. The number of amides is 1. The van der Waals surface area contributed by atoms with Crippen molar-refractivity contribution in [3.8, 4) is 5.75 Å². The van der Waals surface area contributed by atoms with Gasteiger partial charge in [-0.05, 0) is 43.1 Å². The van der Waals surface area contributed by atoms with Crippen LogP contribution in [0.15, 0.2) is 42.6 Å². The smallest absolute Gasteiger partial charge is 0.217 e. The van der Waals surface area contributed by atoms with Gasteiger partial charge in [-0.3, -0.25) is 14.7 Å². The van der Waals surface area contributed by atoms with Crippen LogP contribution in [0.4, 0.5) is 0 Å². The van der Waals surface area contributed by atoms with Crippen molar-refractivity contribution in [2.45, 2.75) is 38.9 Å². The van der Waals surface area contributed by atoms with Crippen molar-refractivity contribution >= 4 is 5.91 Å². The second-order valence-electron chi connectivity index (χ2n) is 6.43. The monoisotopic (exact) mass is 339 g/mol. The number of likely N-dealkylation sites (tertiary alicyclic amines) is 1. The number of hydrogen-bond acceptors (Lipinski definition) is 4. The molecule has 1 atom stereocenters. The first-order chi connectivity index (χ1) is 12.2. The van der Waals surface area contributed by atoms with Gasteiger partial charge in [0.2, 0.25) is 5.91 Å². The summed E-state index contributed by atoms with van der Waals surface area (Å²) in [5, 5.41) is 2.81. The van der Waals surface area contributed by atoms with Crippen molar-refractivity contribution in [2.24, 2.45) is 0 Å². The van der Waals surface area contributed by atoms with Crippen LogP contribution in [0.25, 0.3) is 0 Å². The highest BCUT2D eigenvalue weighted by Crippen LogP contribution is 2.34. The van der Waals surface area contributed by atoms with Crippen LogP contribution in [0.5, 0.6) is 5.75 Å². The molecule has 1 amide bonds. The minimum absolute atomic E-state index is 0.0362. The van der Waals surface area contributed by atoms with Crippen LogP contribution in [0.3, 0.4) is 0 Å². The van der Waals surface area contributed by atoms with E-state index < -0.39 is 0 Å². The van der Waals surface area contributed by atoms with Crippen molar-refractivity contribution in [3.05, 3.63) is 59.4 Å². The molecule has 5 nitrogen and oxygen atoms in total. The minimum atomic E-state index is -0.0362. The molecule has 0 unspecified atom stereocenters. The van der Waals surface area contributed by atoms with E-state index in [1.807, 2.05) is 18.3 Å². The maximum Gasteiger partial charge on any atom is 0.217 e. The quantitative estimate of drug-likeness (QED) is 0.879. The summed E-state index contributed by atoms with van der Waals surface area (Å²) in [5.41, 5.74) is 3.38. The Kier molecular flexibility index (Phi) is 5.66. The second-order valence-corrected chi connectivity index (χ2v) is 6.43. The van der Waals surface area contributed by atoms with Crippen molar-refractivity contribution in [1.82, 2.24) is 15.2 Å². The zero-order valence-electron chi connectivity index (χ0n) is 14.9. The summed E-state index contributed by atoms with van der Waals surface area (Å²) in [5.74, 6) is 0.903. The van der Waals surface area contributed by atoms with Crippen molar-refractivity contribution in [1.29, 1.82) is 0 Å². The third kappa shape index (κ3) is 4.37. The van der Waals surface area contributed by atoms with Gasteiger partial charge in [0.1, 0.15) is 5.75 Å². The molecule has 2 aromatic rings. The number of aromatic nitrogens is 1. The molecule has 0 aliphatic carbocycles. The van der Waals surface area contributed by atoms with Gasteiger partial charge in [0, 0.05) is 31.3 Å². The molecule has 1 saturated heterocycles. The van der Waals surface area contributed by atoms with E-state index in [-0.39, 0.29) is 5.91 Å². The lowest BCUT2D eigenvalue weighted by Crippen LogP contribution is -2.24. The maximum atomic E-state index is 11.1. The number of benzene rings is 1. The molecule has 1 aliphatic rings. The Labute approximate surface area is 149 Å². The van der Waals surface area contributed by atoms with Gasteiger partial charge >= 0.3 is 0 Å². The standard InChI is InChI=1S/C20H25N3O2/c1-15(24)22-13-18-12-16(9-10-21-18)19-7-5-11-23(19)14-17-6-3-4-8-20(17)25-2/h3-4,6,8-10,12,19H,5,7,11,13-14H2,1-2H3,(H,22,24)/t19-/m1/s1. The highest BCUT2D eigenvalue weighted by Gasteiger charge is 2.26. The van der Waals surface area contributed by atoms with Gasteiger partial charge in [0.25, 0.3) is 0 Å². The number of methoxy groups -OCH3 is 1. The van der Waals surface area contributed by atoms with E-state index >= 15 is 0 Å². The zero-order valence-corrected chi connectivity index (χ0v) is 14.9. The number of hydrogen-bond donors (Lipinski definition) is 1. The van der Waals surface area contributed by atoms with Crippen LogP contribution in [-0.4, -0.2) is 29.4 Å². The van der Waals surface area contributed by atoms with Gasteiger partial charge in [-0.2, -0.15) is 0 Å². The summed E-state index contributed by atoms with van der Waals surface area (Å²) < 4.78 is 5.49. The number of ether oxygens (including phenoxy) is 1. The van der Waals surface area contributed by atoms with E-state index in [0.29, 0.717) is 12.6 Å². The Hall–Kier alpha value is -2.40. The van der Waals surface area contributed by atoms with E-state index in [9.17, 15) is 4.79 Å². The van der Waals surface area contributed by atoms with Crippen LogP contribution >= 0.6 is 0 Å². The third-order valence-electron chi connectivity index (χ3n) is 4.67. The van der Waals surface area contributed by atoms with E-state index in [0.717, 1.165) is 31.0 Å². The maximum absolute atomic E-state index is 11.1.